The Labute approximate surface area is 179 Å². The zero-order valence-corrected chi connectivity index (χ0v) is 18.5. The summed E-state index contributed by atoms with van der Waals surface area (Å²) in [6, 6.07) is 7.38. The van der Waals surface area contributed by atoms with Crippen molar-refractivity contribution in [3.63, 3.8) is 0 Å². The van der Waals surface area contributed by atoms with E-state index in [1.807, 2.05) is 18.2 Å². The number of allylic oxidation sites excluding steroid dienone is 2. The Morgan fingerprint density at radius 3 is 2.69 bits per heavy atom. The highest BCUT2D eigenvalue weighted by Crippen LogP contribution is 2.47. The Kier molecular flexibility index (Phi) is 5.11. The third kappa shape index (κ3) is 3.88. The molecule has 0 fully saturated rings. The Balaban J connectivity index is 1.94. The second kappa shape index (κ2) is 7.33. The molecule has 2 aromatic rings. The van der Waals surface area contributed by atoms with Crippen LogP contribution in [0.3, 0.4) is 0 Å². The molecule has 2 heterocycles. The molecule has 5 nitrogen and oxygen atoms in total. The number of nitrogens with one attached hydrogen (secondary N) is 2. The van der Waals surface area contributed by atoms with Crippen molar-refractivity contribution in [3.8, 4) is 0 Å². The van der Waals surface area contributed by atoms with Gasteiger partial charge >= 0.3 is 0 Å². The average Bonchev–Trinajstić information content (AvgIpc) is 2.58. The number of halogens is 1. The summed E-state index contributed by atoms with van der Waals surface area (Å²) in [6.45, 7) is 8.28. The van der Waals surface area contributed by atoms with Crippen LogP contribution in [0.1, 0.15) is 57.6 Å². The first-order chi connectivity index (χ1) is 13.6. The lowest BCUT2D eigenvalue weighted by Gasteiger charge is -2.38. The fourth-order valence-corrected chi connectivity index (χ4v) is 5.13. The van der Waals surface area contributed by atoms with E-state index in [0.29, 0.717) is 33.6 Å². The molecule has 0 spiro atoms. The van der Waals surface area contributed by atoms with Gasteiger partial charge < -0.3 is 10.3 Å². The summed E-state index contributed by atoms with van der Waals surface area (Å²) in [6.07, 6.45) is 1.18. The third-order valence-corrected chi connectivity index (χ3v) is 6.35. The molecule has 0 amide bonds. The quantitative estimate of drug-likeness (QED) is 0.522. The molecular formula is C22H24ClN3O2S. The van der Waals surface area contributed by atoms with Gasteiger partial charge in [-0.15, -0.1) is 0 Å². The van der Waals surface area contributed by atoms with Crippen LogP contribution >= 0.6 is 23.4 Å². The summed E-state index contributed by atoms with van der Waals surface area (Å²) in [5.41, 5.74) is 2.47. The van der Waals surface area contributed by atoms with Crippen molar-refractivity contribution in [2.24, 2.45) is 5.41 Å². The van der Waals surface area contributed by atoms with Crippen LogP contribution in [0.2, 0.25) is 5.02 Å². The molecule has 1 aromatic carbocycles. The van der Waals surface area contributed by atoms with Crippen LogP contribution in [0.4, 0.5) is 5.82 Å². The second-order valence-electron chi connectivity index (χ2n) is 8.75. The fraction of sp³-hybridized carbons (Fsp3) is 0.409. The molecule has 2 aliphatic rings. The maximum atomic E-state index is 13.2. The minimum Gasteiger partial charge on any atom is -0.343 e. The molecule has 4 rings (SSSR count). The first-order valence-electron chi connectivity index (χ1n) is 9.74. The molecule has 2 N–H and O–H groups in total. The summed E-state index contributed by atoms with van der Waals surface area (Å²) in [5, 5.41) is 4.77. The van der Waals surface area contributed by atoms with Crippen molar-refractivity contribution in [3.05, 3.63) is 62.0 Å². The molecule has 7 heteroatoms. The maximum absolute atomic E-state index is 13.2. The predicted octanol–water partition coefficient (Wildman–Crippen LogP) is 5.12. The van der Waals surface area contributed by atoms with E-state index in [1.54, 1.807) is 6.07 Å². The smallest absolute Gasteiger partial charge is 0.257 e. The normalized spacial score (nSPS) is 20.3. The largest absolute Gasteiger partial charge is 0.343 e. The highest BCUT2D eigenvalue weighted by atomic mass is 35.5. The molecule has 29 heavy (non-hydrogen) atoms. The van der Waals surface area contributed by atoms with Crippen LogP contribution in [0.25, 0.3) is 0 Å². The van der Waals surface area contributed by atoms with Gasteiger partial charge in [-0.25, -0.2) is 4.98 Å². The number of thioether (sulfide) groups is 1. The van der Waals surface area contributed by atoms with Gasteiger partial charge in [0.25, 0.3) is 5.56 Å². The molecular weight excluding hydrogens is 406 g/mol. The van der Waals surface area contributed by atoms with Gasteiger partial charge in [0, 0.05) is 33.9 Å². The minimum absolute atomic E-state index is 0.0689. The van der Waals surface area contributed by atoms with Crippen molar-refractivity contribution in [1.82, 2.24) is 9.97 Å². The van der Waals surface area contributed by atoms with E-state index < -0.39 is 5.92 Å². The molecule has 1 atom stereocenters. The van der Waals surface area contributed by atoms with Crippen LogP contribution in [0, 0.1) is 5.41 Å². The van der Waals surface area contributed by atoms with Gasteiger partial charge in [0.15, 0.2) is 10.9 Å². The maximum Gasteiger partial charge on any atom is 0.257 e. The lowest BCUT2D eigenvalue weighted by Crippen LogP contribution is -2.37. The average molecular weight is 430 g/mol. The number of aromatic nitrogens is 2. The number of rotatable bonds is 3. The van der Waals surface area contributed by atoms with Crippen molar-refractivity contribution in [1.29, 1.82) is 0 Å². The van der Waals surface area contributed by atoms with Gasteiger partial charge in [0.05, 0.1) is 5.56 Å². The summed E-state index contributed by atoms with van der Waals surface area (Å²) >= 11 is 7.75. The lowest BCUT2D eigenvalue weighted by molar-refractivity contribution is -0.118. The number of hydrogen-bond donors (Lipinski definition) is 2. The van der Waals surface area contributed by atoms with Crippen LogP contribution in [-0.2, 0) is 4.79 Å². The minimum atomic E-state index is -0.474. The predicted molar refractivity (Wildman–Crippen MR) is 118 cm³/mol. The van der Waals surface area contributed by atoms with Gasteiger partial charge in [-0.1, -0.05) is 63.2 Å². The van der Waals surface area contributed by atoms with E-state index in [-0.39, 0.29) is 22.0 Å². The monoisotopic (exact) mass is 429 g/mol. The first kappa shape index (κ1) is 20.2. The van der Waals surface area contributed by atoms with Gasteiger partial charge in [0.1, 0.15) is 5.82 Å². The third-order valence-electron chi connectivity index (χ3n) is 5.23. The topological polar surface area (TPSA) is 74.8 Å². The van der Waals surface area contributed by atoms with Crippen molar-refractivity contribution in [2.45, 2.75) is 56.9 Å². The molecule has 1 unspecified atom stereocenters. The van der Waals surface area contributed by atoms with E-state index in [1.165, 1.54) is 11.8 Å². The number of fused-ring (bicyclic) bond motifs is 1. The summed E-state index contributed by atoms with van der Waals surface area (Å²) < 4.78 is 0. The Bertz CT molecular complexity index is 1090. The van der Waals surface area contributed by atoms with Gasteiger partial charge in [0.2, 0.25) is 0 Å². The zero-order valence-electron chi connectivity index (χ0n) is 16.9. The molecule has 0 saturated carbocycles. The summed E-state index contributed by atoms with van der Waals surface area (Å²) in [7, 11) is 0. The fourth-order valence-electron chi connectivity index (χ4n) is 4.19. The number of H-pyrrole nitrogens is 1. The van der Waals surface area contributed by atoms with E-state index >= 15 is 0 Å². The molecule has 0 saturated heterocycles. The van der Waals surface area contributed by atoms with E-state index in [0.717, 1.165) is 17.7 Å². The number of carbonyl (C=O) groups is 1. The van der Waals surface area contributed by atoms with Crippen molar-refractivity contribution in [2.75, 3.05) is 5.32 Å². The SMILES string of the molecule is CC(C)Sc1nc2c(c(=O)[nH]1)C(c1cccc(Cl)c1)C1=C(CC(C)(C)CC1=O)N2. The van der Waals surface area contributed by atoms with E-state index in [2.05, 4.69) is 38.0 Å². The standard InChI is InChI=1S/C22H24ClN3O2S/c1-11(2)29-21-25-19-18(20(28)26-21)16(12-6-5-7-13(23)8-12)17-14(24-19)9-22(3,4)10-15(17)27/h5-8,11,16H,9-10H2,1-4H3,(H2,24,25,26,28). The lowest BCUT2D eigenvalue weighted by atomic mass is 9.69. The van der Waals surface area contributed by atoms with Gasteiger partial charge in [-0.05, 0) is 29.5 Å². The Morgan fingerprint density at radius 2 is 2.00 bits per heavy atom. The van der Waals surface area contributed by atoms with Crippen LogP contribution in [0.5, 0.6) is 0 Å². The van der Waals surface area contributed by atoms with E-state index in [4.69, 9.17) is 16.6 Å². The molecule has 1 aromatic heterocycles. The van der Waals surface area contributed by atoms with Crippen LogP contribution in [-0.4, -0.2) is 21.0 Å². The van der Waals surface area contributed by atoms with Crippen molar-refractivity contribution >= 4 is 35.0 Å². The number of benzene rings is 1. The van der Waals surface area contributed by atoms with Gasteiger partial charge in [-0.3, -0.25) is 9.59 Å². The van der Waals surface area contributed by atoms with Crippen LogP contribution < -0.4 is 10.9 Å². The zero-order chi connectivity index (χ0) is 20.9. The number of nitrogens with zero attached hydrogens (tertiary/aromatic N) is 1. The van der Waals surface area contributed by atoms with Crippen molar-refractivity contribution < 1.29 is 4.79 Å². The number of hydrogen-bond acceptors (Lipinski definition) is 5. The highest BCUT2D eigenvalue weighted by molar-refractivity contribution is 7.99. The Hall–Kier alpha value is -2.05. The Morgan fingerprint density at radius 1 is 1.24 bits per heavy atom. The highest BCUT2D eigenvalue weighted by Gasteiger charge is 2.42. The van der Waals surface area contributed by atoms with Crippen LogP contribution in [0.15, 0.2) is 45.5 Å². The first-order valence-corrected chi connectivity index (χ1v) is 11.0. The molecule has 1 aliphatic heterocycles. The second-order valence-corrected chi connectivity index (χ2v) is 10.7. The molecule has 0 bridgehead atoms. The number of aromatic amines is 1. The number of Topliss-reactive ketones (excluding diaryl/α,β-unsaturated/α-hetero) is 1. The number of ketones is 1. The molecule has 1 aliphatic carbocycles. The van der Waals surface area contributed by atoms with Gasteiger partial charge in [-0.2, -0.15) is 0 Å². The molecule has 152 valence electrons. The molecule has 0 radical (unpaired) electrons. The summed E-state index contributed by atoms with van der Waals surface area (Å²) in [5.74, 6) is 0.128. The van der Waals surface area contributed by atoms with E-state index in [9.17, 15) is 9.59 Å². The summed E-state index contributed by atoms with van der Waals surface area (Å²) in [4.78, 5) is 33.9. The number of anilines is 1. The number of carbonyl (C=O) groups excluding carboxylic acids is 1.